The van der Waals surface area contributed by atoms with E-state index in [1.165, 1.54) is 0 Å². The van der Waals surface area contributed by atoms with Crippen LogP contribution in [0.1, 0.15) is 138 Å². The fourth-order valence-electron chi connectivity index (χ4n) is 14.0. The first-order chi connectivity index (χ1) is 44.6. The highest BCUT2D eigenvalue weighted by Crippen LogP contribution is 2.42. The van der Waals surface area contributed by atoms with E-state index in [0.717, 1.165) is 95.9 Å². The number of ether oxygens (including phenoxy) is 8. The van der Waals surface area contributed by atoms with E-state index < -0.39 is 60.7 Å². The van der Waals surface area contributed by atoms with Crippen molar-refractivity contribution in [1.82, 2.24) is 50.2 Å². The van der Waals surface area contributed by atoms with Crippen LogP contribution in [0.4, 0.5) is 19.2 Å². The average Bonchev–Trinajstić information content (AvgIpc) is 1.71. The molecule has 4 fully saturated rings. The molecule has 6 atom stereocenters. The van der Waals surface area contributed by atoms with Crippen LogP contribution in [0.3, 0.4) is 0 Å². The topological polar surface area (TPSA) is 271 Å². The van der Waals surface area contributed by atoms with Gasteiger partial charge >= 0.3 is 24.4 Å². The second-order valence-electron chi connectivity index (χ2n) is 26.0. The first-order valence-corrected chi connectivity index (χ1v) is 32.2. The lowest BCUT2D eigenvalue weighted by molar-refractivity contribution is -0.136. The molecule has 482 valence electrons. The second kappa shape index (κ2) is 25.3. The Balaban J connectivity index is 0.653. The Kier molecular flexibility index (Phi) is 16.5. The Bertz CT molecular complexity index is 3470. The molecule has 2 saturated carbocycles. The summed E-state index contributed by atoms with van der Waals surface area (Å²) < 4.78 is 46.2. The van der Waals surface area contributed by atoms with Crippen molar-refractivity contribution in [1.29, 1.82) is 0 Å². The number of carbonyl (C=O) groups excluding carboxylic acids is 6. The molecule has 0 spiro atoms. The molecule has 2 aliphatic carbocycles. The number of benzene rings is 4. The molecule has 8 aliphatic rings. The number of imidazole rings is 2. The summed E-state index contributed by atoms with van der Waals surface area (Å²) in [4.78, 5) is 107. The van der Waals surface area contributed by atoms with E-state index in [9.17, 15) is 28.8 Å². The van der Waals surface area contributed by atoms with Crippen molar-refractivity contribution in [2.24, 2.45) is 11.8 Å². The largest absolute Gasteiger partial charge is 0.454 e. The second-order valence-corrected chi connectivity index (χ2v) is 26.0. The van der Waals surface area contributed by atoms with Crippen LogP contribution < -0.4 is 29.6 Å². The molecule has 2 saturated heterocycles. The van der Waals surface area contributed by atoms with Gasteiger partial charge in [0.25, 0.3) is 0 Å². The summed E-state index contributed by atoms with van der Waals surface area (Å²) in [6.07, 6.45) is 7.19. The Morgan fingerprint density at radius 1 is 0.522 bits per heavy atom. The number of aromatic amines is 2. The minimum absolute atomic E-state index is 0.0849. The zero-order valence-electron chi connectivity index (χ0n) is 52.0. The van der Waals surface area contributed by atoms with Gasteiger partial charge in [0.2, 0.25) is 25.4 Å². The molecule has 24 nitrogen and oxygen atoms in total. The molecule has 24 heteroatoms. The summed E-state index contributed by atoms with van der Waals surface area (Å²) in [5.41, 5.74) is 8.76. The third-order valence-corrected chi connectivity index (χ3v) is 19.1. The Morgan fingerprint density at radius 3 is 1.35 bits per heavy atom. The van der Waals surface area contributed by atoms with Gasteiger partial charge in [0.1, 0.15) is 48.1 Å². The Labute approximate surface area is 531 Å². The van der Waals surface area contributed by atoms with Gasteiger partial charge in [-0.25, -0.2) is 29.1 Å². The van der Waals surface area contributed by atoms with Crippen molar-refractivity contribution in [3.8, 4) is 56.6 Å². The maximum Gasteiger partial charge on any atom is 0.410 e. The molecule has 92 heavy (non-hydrogen) atoms. The van der Waals surface area contributed by atoms with Crippen molar-refractivity contribution in [2.75, 3.05) is 26.7 Å². The van der Waals surface area contributed by atoms with Gasteiger partial charge in [-0.05, 0) is 126 Å². The fourth-order valence-corrected chi connectivity index (χ4v) is 14.0. The molecule has 2 aromatic heterocycles. The number of fused-ring (bicyclic) bond motifs is 4. The number of aromatic nitrogens is 4. The van der Waals surface area contributed by atoms with Crippen LogP contribution in [0.5, 0.6) is 23.0 Å². The number of hydrogen-bond donors (Lipinski definition) is 4. The van der Waals surface area contributed by atoms with Gasteiger partial charge in [-0.15, -0.1) is 0 Å². The number of nitrogens with zero attached hydrogens (tertiary/aromatic N) is 6. The lowest BCUT2D eigenvalue weighted by Gasteiger charge is -2.30. The standard InChI is InChI=1S/C68H76N10O14/c1-37(2)59(73-65(81)89-47-9-5-6-10-47)63(79)77-33-49(91-67(83)75-29-43-21-55-56(86-35-85-55)22-44(43)30-75)25-53(77)61-69-27-51(71-61)41-17-13-39(14-18-41)40-15-19-42(20-16-40)52-28-70-62(72-52)54-26-50(92-68(84)76-31-45-23-57-58(88-36-87-57)24-46(45)32-76)34-78(54)64(80)60(38(3)4)74-66(82)90-48-11-7-8-12-48/h13-24,27-28,37-38,47-50,53-54,59-60H,5-12,25-26,29-36H2,1-4H3,(H,69,71)(H,70,72)(H,73,81)(H,74,82)/t49-,50-,53+,54+,59+,60+/m1/s1. The minimum Gasteiger partial charge on any atom is -0.454 e. The van der Waals surface area contributed by atoms with Crippen molar-refractivity contribution >= 4 is 36.2 Å². The highest BCUT2D eigenvalue weighted by atomic mass is 16.7. The maximum absolute atomic E-state index is 14.7. The number of amides is 6. The van der Waals surface area contributed by atoms with Crippen molar-refractivity contribution in [3.63, 3.8) is 0 Å². The summed E-state index contributed by atoms with van der Waals surface area (Å²) in [5, 5.41) is 5.74. The number of H-pyrrole nitrogens is 2. The summed E-state index contributed by atoms with van der Waals surface area (Å²) >= 11 is 0. The number of likely N-dealkylation sites (tertiary alicyclic amines) is 2. The molecule has 0 radical (unpaired) electrons. The molecule has 0 bridgehead atoms. The number of alkyl carbamates (subject to hydrolysis) is 2. The quantitative estimate of drug-likeness (QED) is 0.0696. The van der Waals surface area contributed by atoms with E-state index in [0.29, 0.717) is 72.2 Å². The minimum atomic E-state index is -0.914. The Hall–Kier alpha value is -9.48. The highest BCUT2D eigenvalue weighted by molar-refractivity contribution is 5.88. The zero-order valence-corrected chi connectivity index (χ0v) is 52.0. The highest BCUT2D eigenvalue weighted by Gasteiger charge is 2.46. The molecule has 8 heterocycles. The zero-order chi connectivity index (χ0) is 63.3. The summed E-state index contributed by atoms with van der Waals surface area (Å²) in [6.45, 7) is 9.34. The summed E-state index contributed by atoms with van der Waals surface area (Å²) in [7, 11) is 0. The fraction of sp³-hybridized carbons (Fsp3) is 0.471. The molecule has 0 unspecified atom stereocenters. The molecular formula is C68H76N10O14. The van der Waals surface area contributed by atoms with E-state index in [1.807, 2.05) is 100 Å². The van der Waals surface area contributed by atoms with Crippen LogP contribution in [0, 0.1) is 11.8 Å². The maximum atomic E-state index is 14.7. The number of carbonyl (C=O) groups is 6. The van der Waals surface area contributed by atoms with Crippen LogP contribution in [-0.4, -0.2) is 139 Å². The van der Waals surface area contributed by atoms with E-state index in [-0.39, 0.29) is 75.4 Å². The van der Waals surface area contributed by atoms with Crippen LogP contribution in [0.25, 0.3) is 33.6 Å². The lowest BCUT2D eigenvalue weighted by atomic mass is 10.0. The SMILES string of the molecule is CC(C)[C@H](NC(=O)OC1CCCC1)C(=O)N1C[C@H](OC(=O)N2Cc3cc4c(cc3C2)OCO4)C[C@H]1c1nc(-c2ccc(-c3ccc(-c4cnc([C@@H]5C[C@@H](OC(=O)N6Cc7cc8c(cc7C6)OCO8)CN5C(=O)[C@@H](NC(=O)OC5CCCC5)C(C)C)[nH]4)cc3)cc2)c[nH]1. The smallest absolute Gasteiger partial charge is 0.410 e. The van der Waals surface area contributed by atoms with Crippen LogP contribution in [-0.2, 0) is 54.7 Å². The van der Waals surface area contributed by atoms with E-state index in [1.54, 1.807) is 32.0 Å². The third kappa shape index (κ3) is 12.4. The molecule has 14 rings (SSSR count). The van der Waals surface area contributed by atoms with E-state index in [2.05, 4.69) is 20.6 Å². The molecule has 6 aliphatic heterocycles. The van der Waals surface area contributed by atoms with Gasteiger partial charge in [0.15, 0.2) is 23.0 Å². The molecule has 4 N–H and O–H groups in total. The van der Waals surface area contributed by atoms with Crippen molar-refractivity contribution in [3.05, 3.63) is 119 Å². The van der Waals surface area contributed by atoms with Crippen LogP contribution in [0.2, 0.25) is 0 Å². The van der Waals surface area contributed by atoms with Crippen LogP contribution in [0.15, 0.2) is 85.2 Å². The molecular weight excluding hydrogens is 1180 g/mol. The lowest BCUT2D eigenvalue weighted by Crippen LogP contribution is -2.52. The van der Waals surface area contributed by atoms with Gasteiger partial charge in [-0.1, -0.05) is 76.2 Å². The predicted molar refractivity (Wildman–Crippen MR) is 330 cm³/mol. The number of rotatable bonds is 15. The first kappa shape index (κ1) is 60.1. The average molecular weight is 1260 g/mol. The monoisotopic (exact) mass is 1260 g/mol. The predicted octanol–water partition coefficient (Wildman–Crippen LogP) is 10.6. The van der Waals surface area contributed by atoms with Gasteiger partial charge < -0.3 is 68.3 Å². The first-order valence-electron chi connectivity index (χ1n) is 32.2. The Morgan fingerprint density at radius 2 is 0.924 bits per heavy atom. The van der Waals surface area contributed by atoms with Gasteiger partial charge in [-0.3, -0.25) is 19.4 Å². The summed E-state index contributed by atoms with van der Waals surface area (Å²) in [6, 6.07) is 20.6. The summed E-state index contributed by atoms with van der Waals surface area (Å²) in [5.74, 6) is 2.35. The van der Waals surface area contributed by atoms with E-state index in [4.69, 9.17) is 47.9 Å². The van der Waals surface area contributed by atoms with Crippen molar-refractivity contribution < 1.29 is 66.7 Å². The van der Waals surface area contributed by atoms with Gasteiger partial charge in [-0.2, -0.15) is 0 Å². The number of hydrogen-bond acceptors (Lipinski definition) is 16. The third-order valence-electron chi connectivity index (χ3n) is 19.1. The molecule has 4 aromatic carbocycles. The normalized spacial score (nSPS) is 21.2. The van der Waals surface area contributed by atoms with E-state index >= 15 is 0 Å². The molecule has 6 aromatic rings. The van der Waals surface area contributed by atoms with Gasteiger partial charge in [0.05, 0.1) is 42.8 Å². The van der Waals surface area contributed by atoms with Gasteiger partial charge in [0, 0.05) is 50.8 Å². The number of nitrogens with one attached hydrogen (secondary N) is 4. The molecule has 6 amide bonds. The van der Waals surface area contributed by atoms with Crippen LogP contribution >= 0.6 is 0 Å². The van der Waals surface area contributed by atoms with Crippen molar-refractivity contribution in [2.45, 2.75) is 167 Å².